The van der Waals surface area contributed by atoms with E-state index < -0.39 is 0 Å². The lowest BCUT2D eigenvalue weighted by Gasteiger charge is -2.44. The molecule has 0 amide bonds. The van der Waals surface area contributed by atoms with Gasteiger partial charge in [0.2, 0.25) is 0 Å². The van der Waals surface area contributed by atoms with Crippen molar-refractivity contribution in [3.8, 4) is 0 Å². The molecule has 28 heavy (non-hydrogen) atoms. The van der Waals surface area contributed by atoms with Gasteiger partial charge in [-0.25, -0.2) is 0 Å². The lowest BCUT2D eigenvalue weighted by atomic mass is 9.64. The molecule has 0 radical (unpaired) electrons. The van der Waals surface area contributed by atoms with Crippen LogP contribution in [0.2, 0.25) is 0 Å². The van der Waals surface area contributed by atoms with Crippen LogP contribution in [0.4, 0.5) is 0 Å². The largest absolute Gasteiger partial charge is 0.375 e. The molecule has 1 N–H and O–H groups in total. The zero-order valence-electron chi connectivity index (χ0n) is 16.5. The maximum absolute atomic E-state index is 5.99. The molecule has 2 saturated heterocycles. The van der Waals surface area contributed by atoms with Crippen LogP contribution in [-0.4, -0.2) is 63.0 Å². The fourth-order valence-corrected chi connectivity index (χ4v) is 4.81. The van der Waals surface area contributed by atoms with Gasteiger partial charge in [0, 0.05) is 43.2 Å². The zero-order chi connectivity index (χ0) is 18.7. The summed E-state index contributed by atoms with van der Waals surface area (Å²) in [6.07, 6.45) is 6.43. The molecular weight excluding hydrogens is 533 g/mol. The second kappa shape index (κ2) is 10.1. The Morgan fingerprint density at radius 1 is 1.18 bits per heavy atom. The van der Waals surface area contributed by atoms with Crippen molar-refractivity contribution < 1.29 is 9.47 Å². The number of guanidine groups is 1. The molecule has 2 heterocycles. The second-order valence-electron chi connectivity index (χ2n) is 7.95. The van der Waals surface area contributed by atoms with Gasteiger partial charge in [0.05, 0.1) is 12.7 Å². The highest BCUT2D eigenvalue weighted by Crippen LogP contribution is 2.43. The Hall–Kier alpha value is -0.380. The number of nitrogens with one attached hydrogen (secondary N) is 1. The summed E-state index contributed by atoms with van der Waals surface area (Å²) in [5.74, 6) is 0.990. The zero-order valence-corrected chi connectivity index (χ0v) is 20.4. The van der Waals surface area contributed by atoms with E-state index in [1.165, 1.54) is 24.8 Å². The normalized spacial score (nSPS) is 27.1. The van der Waals surface area contributed by atoms with E-state index >= 15 is 0 Å². The van der Waals surface area contributed by atoms with E-state index in [1.807, 2.05) is 7.05 Å². The van der Waals surface area contributed by atoms with Crippen molar-refractivity contribution in [3.05, 3.63) is 34.3 Å². The molecule has 0 spiro atoms. The van der Waals surface area contributed by atoms with Crippen LogP contribution in [0.5, 0.6) is 0 Å². The lowest BCUT2D eigenvalue weighted by molar-refractivity contribution is -0.0817. The minimum absolute atomic E-state index is 0. The first-order valence-electron chi connectivity index (χ1n) is 10.2. The smallest absolute Gasteiger partial charge is 0.193 e. The van der Waals surface area contributed by atoms with Gasteiger partial charge in [-0.05, 0) is 43.4 Å². The van der Waals surface area contributed by atoms with Gasteiger partial charge in [0.1, 0.15) is 6.10 Å². The molecule has 3 fully saturated rings. The number of morpholine rings is 1. The van der Waals surface area contributed by atoms with Crippen molar-refractivity contribution in [2.24, 2.45) is 4.99 Å². The van der Waals surface area contributed by atoms with Gasteiger partial charge in [0.25, 0.3) is 0 Å². The molecule has 156 valence electrons. The Kier molecular flexibility index (Phi) is 8.04. The van der Waals surface area contributed by atoms with E-state index in [4.69, 9.17) is 9.47 Å². The molecule has 3 aliphatic rings. The summed E-state index contributed by atoms with van der Waals surface area (Å²) in [7, 11) is 1.88. The first-order valence-corrected chi connectivity index (χ1v) is 10.9. The first kappa shape index (κ1) is 22.3. The number of hydrogen-bond acceptors (Lipinski definition) is 3. The monoisotopic (exact) mass is 563 g/mol. The molecule has 1 aromatic carbocycles. The number of rotatable bonds is 4. The second-order valence-corrected chi connectivity index (χ2v) is 8.86. The van der Waals surface area contributed by atoms with Gasteiger partial charge in [-0.1, -0.05) is 34.5 Å². The third-order valence-corrected chi connectivity index (χ3v) is 6.87. The van der Waals surface area contributed by atoms with Crippen molar-refractivity contribution in [3.63, 3.8) is 0 Å². The number of hydrogen-bond donors (Lipinski definition) is 1. The number of nitrogens with zero attached hydrogens (tertiary/aromatic N) is 2. The number of benzene rings is 1. The third kappa shape index (κ3) is 4.84. The van der Waals surface area contributed by atoms with Gasteiger partial charge in [-0.2, -0.15) is 0 Å². The van der Waals surface area contributed by atoms with Crippen molar-refractivity contribution in [2.45, 2.75) is 49.7 Å². The molecule has 5 nitrogen and oxygen atoms in total. The molecule has 4 rings (SSSR count). The van der Waals surface area contributed by atoms with Gasteiger partial charge in [0.15, 0.2) is 5.96 Å². The van der Waals surface area contributed by atoms with Crippen LogP contribution in [0.1, 0.15) is 37.7 Å². The van der Waals surface area contributed by atoms with Crippen LogP contribution in [0.15, 0.2) is 33.7 Å². The van der Waals surface area contributed by atoms with E-state index in [0.29, 0.717) is 0 Å². The van der Waals surface area contributed by atoms with Gasteiger partial charge in [-0.3, -0.25) is 4.99 Å². The summed E-state index contributed by atoms with van der Waals surface area (Å²) in [5, 5.41) is 3.67. The molecule has 0 aromatic heterocycles. The maximum atomic E-state index is 5.99. The van der Waals surface area contributed by atoms with Crippen LogP contribution in [0.25, 0.3) is 0 Å². The summed E-state index contributed by atoms with van der Waals surface area (Å²) in [6, 6.07) is 8.82. The Bertz CT molecular complexity index is 660. The highest BCUT2D eigenvalue weighted by atomic mass is 127. The molecule has 1 aliphatic carbocycles. The first-order chi connectivity index (χ1) is 13.2. The highest BCUT2D eigenvalue weighted by molar-refractivity contribution is 14.0. The summed E-state index contributed by atoms with van der Waals surface area (Å²) < 4.78 is 13.0. The summed E-state index contributed by atoms with van der Waals surface area (Å²) in [4.78, 5) is 6.91. The van der Waals surface area contributed by atoms with Crippen LogP contribution in [0, 0.1) is 0 Å². The molecule has 0 bridgehead atoms. The molecule has 1 saturated carbocycles. The van der Waals surface area contributed by atoms with Crippen molar-refractivity contribution >= 4 is 45.9 Å². The summed E-state index contributed by atoms with van der Waals surface area (Å²) in [5.41, 5.74) is 1.66. The quantitative estimate of drug-likeness (QED) is 0.342. The molecule has 2 atom stereocenters. The summed E-state index contributed by atoms with van der Waals surface area (Å²) in [6.45, 7) is 4.28. The minimum Gasteiger partial charge on any atom is -0.375 e. The molecular formula is C21H31BrIN3O2. The van der Waals surface area contributed by atoms with Crippen molar-refractivity contribution in [1.82, 2.24) is 10.2 Å². The topological polar surface area (TPSA) is 46.1 Å². The predicted octanol–water partition coefficient (Wildman–Crippen LogP) is 3.94. The van der Waals surface area contributed by atoms with Crippen molar-refractivity contribution in [2.75, 3.05) is 39.9 Å². The Labute approximate surface area is 193 Å². The average Bonchev–Trinajstić information content (AvgIpc) is 3.20. The van der Waals surface area contributed by atoms with E-state index in [1.54, 1.807) is 0 Å². The fourth-order valence-electron chi connectivity index (χ4n) is 4.54. The van der Waals surface area contributed by atoms with Crippen LogP contribution in [-0.2, 0) is 14.9 Å². The Morgan fingerprint density at radius 3 is 2.54 bits per heavy atom. The number of ether oxygens (including phenoxy) is 2. The Balaban J connectivity index is 0.00000225. The van der Waals surface area contributed by atoms with Crippen LogP contribution >= 0.6 is 39.9 Å². The van der Waals surface area contributed by atoms with Crippen LogP contribution < -0.4 is 5.32 Å². The van der Waals surface area contributed by atoms with Gasteiger partial charge < -0.3 is 19.7 Å². The number of aliphatic imine (C=N–C) groups is 1. The third-order valence-electron chi connectivity index (χ3n) is 6.34. The van der Waals surface area contributed by atoms with Crippen molar-refractivity contribution in [1.29, 1.82) is 0 Å². The van der Waals surface area contributed by atoms with E-state index in [-0.39, 0.29) is 41.6 Å². The standard InChI is InChI=1S/C21H30BrN3O2.HI/c1-23-20(25-11-13-27-19(14-25)18-4-2-12-26-18)24-15-21(9-3-10-21)16-5-7-17(22)8-6-16;/h5-8,18-19H,2-4,9-15H2,1H3,(H,23,24);1H. The minimum atomic E-state index is 0. The SMILES string of the molecule is CN=C(NCC1(c2ccc(Br)cc2)CCC1)N1CCOC(C2CCCO2)C1.I. The fraction of sp³-hybridized carbons (Fsp3) is 0.667. The van der Waals surface area contributed by atoms with E-state index in [2.05, 4.69) is 55.4 Å². The summed E-state index contributed by atoms with van der Waals surface area (Å²) >= 11 is 3.55. The Morgan fingerprint density at radius 2 is 1.93 bits per heavy atom. The average molecular weight is 564 g/mol. The highest BCUT2D eigenvalue weighted by Gasteiger charge is 2.39. The lowest BCUT2D eigenvalue weighted by Crippen LogP contribution is -2.55. The predicted molar refractivity (Wildman–Crippen MR) is 127 cm³/mol. The number of halogens is 2. The molecule has 1 aromatic rings. The van der Waals surface area contributed by atoms with Crippen LogP contribution in [0.3, 0.4) is 0 Å². The molecule has 2 aliphatic heterocycles. The van der Waals surface area contributed by atoms with E-state index in [0.717, 1.165) is 56.1 Å². The molecule has 2 unspecified atom stereocenters. The molecule has 7 heteroatoms. The maximum Gasteiger partial charge on any atom is 0.193 e. The van der Waals surface area contributed by atoms with Gasteiger partial charge in [-0.15, -0.1) is 24.0 Å². The van der Waals surface area contributed by atoms with Gasteiger partial charge >= 0.3 is 0 Å². The van der Waals surface area contributed by atoms with E-state index in [9.17, 15) is 0 Å².